The maximum atomic E-state index is 11.8. The number of ether oxygens (including phenoxy) is 1. The van der Waals surface area contributed by atoms with E-state index in [1.807, 2.05) is 0 Å². The van der Waals surface area contributed by atoms with Gasteiger partial charge in [-0.2, -0.15) is 0 Å². The van der Waals surface area contributed by atoms with Gasteiger partial charge in [-0.05, 0) is 34.8 Å². The molecule has 4 nitrogen and oxygen atoms in total. The number of carbonyl (C=O) groups excluding carboxylic acids is 1. The predicted octanol–water partition coefficient (Wildman–Crippen LogP) is 1.74. The van der Waals surface area contributed by atoms with Crippen LogP contribution in [0.3, 0.4) is 0 Å². The van der Waals surface area contributed by atoms with E-state index in [-0.39, 0.29) is 5.91 Å². The first kappa shape index (κ1) is 10.4. The minimum absolute atomic E-state index is 0.122. The van der Waals surface area contributed by atoms with Gasteiger partial charge in [0.1, 0.15) is 5.56 Å². The molecule has 2 rings (SSSR count). The monoisotopic (exact) mass is 270 g/mol. The van der Waals surface area contributed by atoms with Crippen LogP contribution < -0.4 is 10.1 Å². The summed E-state index contributed by atoms with van der Waals surface area (Å²) >= 11 is 3.28. The zero-order chi connectivity index (χ0) is 10.8. The molecule has 0 bridgehead atoms. The molecule has 0 aliphatic heterocycles. The smallest absolute Gasteiger partial charge is 0.257 e. The van der Waals surface area contributed by atoms with Crippen molar-refractivity contribution in [3.8, 4) is 5.88 Å². The molecule has 1 aromatic heterocycles. The quantitative estimate of drug-likeness (QED) is 0.911. The third-order valence-corrected chi connectivity index (χ3v) is 2.60. The van der Waals surface area contributed by atoms with Gasteiger partial charge in [-0.25, -0.2) is 4.98 Å². The van der Waals surface area contributed by atoms with Crippen LogP contribution in [0.15, 0.2) is 16.7 Å². The Labute approximate surface area is 96.2 Å². The molecular formula is C10H11BrN2O2. The molecule has 0 aromatic carbocycles. The second kappa shape index (κ2) is 4.18. The number of methoxy groups -OCH3 is 1. The van der Waals surface area contributed by atoms with Crippen molar-refractivity contribution < 1.29 is 9.53 Å². The number of nitrogens with one attached hydrogen (secondary N) is 1. The molecule has 1 aliphatic carbocycles. The molecule has 0 radical (unpaired) electrons. The second-order valence-corrected chi connectivity index (χ2v) is 4.37. The van der Waals surface area contributed by atoms with E-state index < -0.39 is 0 Å². The van der Waals surface area contributed by atoms with Crippen molar-refractivity contribution in [2.24, 2.45) is 0 Å². The molecule has 1 saturated carbocycles. The van der Waals surface area contributed by atoms with Gasteiger partial charge in [-0.15, -0.1) is 0 Å². The molecule has 1 heterocycles. The highest BCUT2D eigenvalue weighted by Gasteiger charge is 2.25. The maximum Gasteiger partial charge on any atom is 0.257 e. The molecule has 1 aliphatic rings. The third kappa shape index (κ3) is 2.47. The minimum atomic E-state index is -0.122. The fourth-order valence-electron chi connectivity index (χ4n) is 1.24. The Bertz CT molecular complexity index is 391. The van der Waals surface area contributed by atoms with Crippen LogP contribution in [0.1, 0.15) is 23.2 Å². The number of hydrogen-bond acceptors (Lipinski definition) is 3. The lowest BCUT2D eigenvalue weighted by Gasteiger charge is -2.07. The molecule has 0 atom stereocenters. The van der Waals surface area contributed by atoms with Gasteiger partial charge in [-0.3, -0.25) is 4.79 Å². The summed E-state index contributed by atoms with van der Waals surface area (Å²) in [5, 5.41) is 2.89. The van der Waals surface area contributed by atoms with E-state index >= 15 is 0 Å². The van der Waals surface area contributed by atoms with Gasteiger partial charge in [0.25, 0.3) is 5.91 Å². The predicted molar refractivity (Wildman–Crippen MR) is 59.0 cm³/mol. The van der Waals surface area contributed by atoms with E-state index in [0.29, 0.717) is 17.5 Å². The van der Waals surface area contributed by atoms with Crippen LogP contribution in [0.25, 0.3) is 0 Å². The van der Waals surface area contributed by atoms with E-state index in [2.05, 4.69) is 26.2 Å². The van der Waals surface area contributed by atoms with Crippen LogP contribution in [-0.2, 0) is 0 Å². The van der Waals surface area contributed by atoms with Crippen LogP contribution in [0.2, 0.25) is 0 Å². The first-order chi connectivity index (χ1) is 7.20. The average molecular weight is 271 g/mol. The molecular weight excluding hydrogens is 260 g/mol. The molecule has 80 valence electrons. The molecule has 0 unspecified atom stereocenters. The van der Waals surface area contributed by atoms with Gasteiger partial charge in [0.05, 0.1) is 7.11 Å². The van der Waals surface area contributed by atoms with Crippen molar-refractivity contribution in [2.75, 3.05) is 7.11 Å². The number of nitrogens with zero attached hydrogens (tertiary/aromatic N) is 1. The molecule has 15 heavy (non-hydrogen) atoms. The summed E-state index contributed by atoms with van der Waals surface area (Å²) in [4.78, 5) is 15.8. The van der Waals surface area contributed by atoms with E-state index in [1.54, 1.807) is 12.3 Å². The molecule has 1 fully saturated rings. The van der Waals surface area contributed by atoms with Crippen molar-refractivity contribution >= 4 is 21.8 Å². The van der Waals surface area contributed by atoms with Crippen LogP contribution >= 0.6 is 15.9 Å². The maximum absolute atomic E-state index is 11.8. The van der Waals surface area contributed by atoms with Crippen molar-refractivity contribution in [3.63, 3.8) is 0 Å². The van der Waals surface area contributed by atoms with E-state index in [9.17, 15) is 4.79 Å². The van der Waals surface area contributed by atoms with Gasteiger partial charge in [0, 0.05) is 16.7 Å². The van der Waals surface area contributed by atoms with Gasteiger partial charge < -0.3 is 10.1 Å². The van der Waals surface area contributed by atoms with Crippen LogP contribution in [-0.4, -0.2) is 24.0 Å². The molecule has 0 saturated heterocycles. The summed E-state index contributed by atoms with van der Waals surface area (Å²) in [7, 11) is 1.50. The lowest BCUT2D eigenvalue weighted by Crippen LogP contribution is -2.26. The highest BCUT2D eigenvalue weighted by Crippen LogP contribution is 2.23. The number of carbonyl (C=O) groups is 1. The summed E-state index contributed by atoms with van der Waals surface area (Å²) in [6, 6.07) is 2.05. The van der Waals surface area contributed by atoms with Crippen LogP contribution in [0.5, 0.6) is 5.88 Å². The number of rotatable bonds is 3. The first-order valence-corrected chi connectivity index (χ1v) is 5.50. The summed E-state index contributed by atoms with van der Waals surface area (Å²) in [5.41, 5.74) is 0.471. The number of aromatic nitrogens is 1. The zero-order valence-electron chi connectivity index (χ0n) is 8.29. The summed E-state index contributed by atoms with van der Waals surface area (Å²) < 4.78 is 5.80. The Morgan fingerprint density at radius 2 is 2.40 bits per heavy atom. The van der Waals surface area contributed by atoms with Crippen LogP contribution in [0, 0.1) is 0 Å². The summed E-state index contributed by atoms with van der Waals surface area (Å²) in [6.07, 6.45) is 3.73. The Kier molecular flexibility index (Phi) is 2.90. The van der Waals surface area contributed by atoms with Crippen LogP contribution in [0.4, 0.5) is 0 Å². The Balaban J connectivity index is 2.23. The Morgan fingerprint density at radius 1 is 1.67 bits per heavy atom. The zero-order valence-corrected chi connectivity index (χ0v) is 9.87. The van der Waals surface area contributed by atoms with Crippen molar-refractivity contribution in [2.45, 2.75) is 18.9 Å². The molecule has 5 heteroatoms. The summed E-state index contributed by atoms with van der Waals surface area (Å²) in [6.45, 7) is 0. The third-order valence-electron chi connectivity index (χ3n) is 2.17. The number of hydrogen-bond donors (Lipinski definition) is 1. The molecule has 1 amide bonds. The van der Waals surface area contributed by atoms with Gasteiger partial charge in [0.2, 0.25) is 5.88 Å². The van der Waals surface area contributed by atoms with E-state index in [0.717, 1.165) is 17.3 Å². The fourth-order valence-corrected chi connectivity index (χ4v) is 1.57. The van der Waals surface area contributed by atoms with Crippen molar-refractivity contribution in [1.82, 2.24) is 10.3 Å². The molecule has 0 spiro atoms. The van der Waals surface area contributed by atoms with Gasteiger partial charge >= 0.3 is 0 Å². The Morgan fingerprint density at radius 3 is 3.00 bits per heavy atom. The SMILES string of the molecule is COc1ncc(Br)cc1C(=O)NC1CC1. The average Bonchev–Trinajstić information content (AvgIpc) is 3.01. The van der Waals surface area contributed by atoms with Crippen molar-refractivity contribution in [3.05, 3.63) is 22.3 Å². The topological polar surface area (TPSA) is 51.2 Å². The van der Waals surface area contributed by atoms with Crippen molar-refractivity contribution in [1.29, 1.82) is 0 Å². The molecule has 1 N–H and O–H groups in total. The van der Waals surface area contributed by atoms with Gasteiger partial charge in [0.15, 0.2) is 0 Å². The normalized spacial score (nSPS) is 14.8. The lowest BCUT2D eigenvalue weighted by atomic mass is 10.2. The van der Waals surface area contributed by atoms with Gasteiger partial charge in [-0.1, -0.05) is 0 Å². The standard InChI is InChI=1S/C10H11BrN2O2/c1-15-10-8(4-6(11)5-12-10)9(14)13-7-2-3-7/h4-5,7H,2-3H2,1H3,(H,13,14). The summed E-state index contributed by atoms with van der Waals surface area (Å²) in [5.74, 6) is 0.236. The highest BCUT2D eigenvalue weighted by atomic mass is 79.9. The van der Waals surface area contributed by atoms with E-state index in [4.69, 9.17) is 4.74 Å². The fraction of sp³-hybridized carbons (Fsp3) is 0.400. The number of halogens is 1. The Hall–Kier alpha value is -1.10. The van der Waals surface area contributed by atoms with E-state index in [1.165, 1.54) is 7.11 Å². The number of amides is 1. The lowest BCUT2D eigenvalue weighted by molar-refractivity contribution is 0.0947. The highest BCUT2D eigenvalue weighted by molar-refractivity contribution is 9.10. The minimum Gasteiger partial charge on any atom is -0.480 e. The number of pyridine rings is 1. The first-order valence-electron chi connectivity index (χ1n) is 4.71. The second-order valence-electron chi connectivity index (χ2n) is 3.46. The molecule has 1 aromatic rings. The largest absolute Gasteiger partial charge is 0.480 e.